The van der Waals surface area contributed by atoms with Crippen LogP contribution in [0.4, 0.5) is 4.79 Å². The molecule has 24 heavy (non-hydrogen) atoms. The van der Waals surface area contributed by atoms with Crippen LogP contribution in [0.2, 0.25) is 0 Å². The summed E-state index contributed by atoms with van der Waals surface area (Å²) in [6.07, 6.45) is 4.52. The number of aromatic nitrogens is 4. The van der Waals surface area contributed by atoms with Crippen LogP contribution in [0, 0.1) is 0 Å². The van der Waals surface area contributed by atoms with Gasteiger partial charge in [-0.05, 0) is 39.2 Å². The number of amides is 1. The van der Waals surface area contributed by atoms with E-state index in [2.05, 4.69) is 14.9 Å². The Balaban J connectivity index is 1.68. The summed E-state index contributed by atoms with van der Waals surface area (Å²) in [4.78, 5) is 14.2. The first kappa shape index (κ1) is 15.2. The molecule has 0 radical (unpaired) electrons. The van der Waals surface area contributed by atoms with Crippen molar-refractivity contribution < 1.29 is 9.53 Å². The summed E-state index contributed by atoms with van der Waals surface area (Å²) in [5, 5.41) is 12.2. The highest BCUT2D eigenvalue weighted by atomic mass is 16.6. The highest BCUT2D eigenvalue weighted by molar-refractivity contribution is 5.71. The van der Waals surface area contributed by atoms with Crippen LogP contribution in [0.25, 0.3) is 11.4 Å². The molecule has 2 aliphatic heterocycles. The van der Waals surface area contributed by atoms with Gasteiger partial charge in [-0.15, -0.1) is 0 Å². The number of hydrogen-bond donors (Lipinski definition) is 1. The highest BCUT2D eigenvalue weighted by Gasteiger charge is 2.32. The molecule has 0 spiro atoms. The van der Waals surface area contributed by atoms with E-state index >= 15 is 0 Å². The van der Waals surface area contributed by atoms with Gasteiger partial charge in [0, 0.05) is 31.3 Å². The average molecular weight is 329 g/mol. The average Bonchev–Trinajstić information content (AvgIpc) is 3.05. The predicted molar refractivity (Wildman–Crippen MR) is 88.5 cm³/mol. The van der Waals surface area contributed by atoms with Crippen molar-refractivity contribution in [3.63, 3.8) is 0 Å². The minimum Gasteiger partial charge on any atom is -0.444 e. The van der Waals surface area contributed by atoms with Crippen molar-refractivity contribution in [2.24, 2.45) is 0 Å². The SMILES string of the molecule is CC(C)(C)OC(=O)N1CCc2nn3c(c2C1)-c1n[nH]cc1CCC3. The summed E-state index contributed by atoms with van der Waals surface area (Å²) < 4.78 is 7.60. The first-order valence-corrected chi connectivity index (χ1v) is 8.52. The number of fused-ring (bicyclic) bond motifs is 5. The van der Waals surface area contributed by atoms with Gasteiger partial charge >= 0.3 is 6.09 Å². The first-order valence-electron chi connectivity index (χ1n) is 8.52. The lowest BCUT2D eigenvalue weighted by atomic mass is 10.0. The molecule has 0 aromatic carbocycles. The van der Waals surface area contributed by atoms with Crippen LogP contribution in [-0.4, -0.2) is 43.1 Å². The fourth-order valence-electron chi connectivity index (χ4n) is 3.47. The number of hydrogen-bond acceptors (Lipinski definition) is 4. The Morgan fingerprint density at radius 1 is 1.29 bits per heavy atom. The predicted octanol–water partition coefficient (Wildman–Crippen LogP) is 2.51. The van der Waals surface area contributed by atoms with Crippen molar-refractivity contribution in [1.82, 2.24) is 24.9 Å². The van der Waals surface area contributed by atoms with Crippen LogP contribution >= 0.6 is 0 Å². The van der Waals surface area contributed by atoms with Gasteiger partial charge in [0.1, 0.15) is 11.3 Å². The molecule has 1 amide bonds. The third-order valence-corrected chi connectivity index (χ3v) is 4.51. The van der Waals surface area contributed by atoms with Gasteiger partial charge in [-0.3, -0.25) is 9.78 Å². The molecule has 0 aliphatic carbocycles. The van der Waals surface area contributed by atoms with Crippen molar-refractivity contribution in [2.45, 2.75) is 58.7 Å². The number of carbonyl (C=O) groups is 1. The fourth-order valence-corrected chi connectivity index (χ4v) is 3.47. The van der Waals surface area contributed by atoms with Crippen LogP contribution in [0.15, 0.2) is 6.20 Å². The largest absolute Gasteiger partial charge is 0.444 e. The smallest absolute Gasteiger partial charge is 0.410 e. The molecule has 2 aliphatic rings. The van der Waals surface area contributed by atoms with Gasteiger partial charge in [-0.2, -0.15) is 10.2 Å². The maximum absolute atomic E-state index is 12.4. The van der Waals surface area contributed by atoms with Crippen LogP contribution in [0.1, 0.15) is 44.0 Å². The molecule has 7 heteroatoms. The molecule has 0 fully saturated rings. The molecule has 4 rings (SSSR count). The maximum Gasteiger partial charge on any atom is 0.410 e. The molecule has 0 atom stereocenters. The molecule has 7 nitrogen and oxygen atoms in total. The summed E-state index contributed by atoms with van der Waals surface area (Å²) in [6, 6.07) is 0. The minimum absolute atomic E-state index is 0.260. The van der Waals surface area contributed by atoms with Gasteiger partial charge in [0.2, 0.25) is 0 Å². The third-order valence-electron chi connectivity index (χ3n) is 4.51. The van der Waals surface area contributed by atoms with Crippen LogP contribution in [0.3, 0.4) is 0 Å². The summed E-state index contributed by atoms with van der Waals surface area (Å²) in [7, 11) is 0. The summed E-state index contributed by atoms with van der Waals surface area (Å²) in [6.45, 7) is 7.75. The standard InChI is InChI=1S/C17H23N5O2/c1-17(2,3)24-16(23)21-8-6-13-12(10-21)15-14-11(9-18-19-14)5-4-7-22(15)20-13/h9H,4-8,10H2,1-3H3,(H,18,19). The number of aryl methyl sites for hydroxylation is 2. The molecule has 1 N–H and O–H groups in total. The molecule has 128 valence electrons. The van der Waals surface area contributed by atoms with E-state index < -0.39 is 5.60 Å². The summed E-state index contributed by atoms with van der Waals surface area (Å²) in [5.41, 5.74) is 4.98. The highest BCUT2D eigenvalue weighted by Crippen LogP contribution is 2.34. The van der Waals surface area contributed by atoms with Gasteiger partial charge < -0.3 is 9.64 Å². The Morgan fingerprint density at radius 2 is 2.12 bits per heavy atom. The summed E-state index contributed by atoms with van der Waals surface area (Å²) in [5.74, 6) is 0. The topological polar surface area (TPSA) is 76.0 Å². The molecule has 0 saturated carbocycles. The number of nitrogens with one attached hydrogen (secondary N) is 1. The Labute approximate surface area is 141 Å². The number of rotatable bonds is 0. The lowest BCUT2D eigenvalue weighted by molar-refractivity contribution is 0.0224. The Kier molecular flexibility index (Phi) is 3.40. The van der Waals surface area contributed by atoms with Crippen molar-refractivity contribution in [3.8, 4) is 11.4 Å². The molecule has 0 unspecified atom stereocenters. The molecule has 0 bridgehead atoms. The molecule has 2 aromatic heterocycles. The molecular weight excluding hydrogens is 306 g/mol. The Hall–Kier alpha value is -2.31. The van der Waals surface area contributed by atoms with Gasteiger partial charge in [-0.1, -0.05) is 0 Å². The number of aromatic amines is 1. The zero-order valence-corrected chi connectivity index (χ0v) is 14.4. The van der Waals surface area contributed by atoms with E-state index in [9.17, 15) is 4.79 Å². The van der Waals surface area contributed by atoms with E-state index in [1.54, 1.807) is 4.90 Å². The van der Waals surface area contributed by atoms with E-state index in [1.807, 2.05) is 27.0 Å². The van der Waals surface area contributed by atoms with Gasteiger partial charge in [0.15, 0.2) is 0 Å². The maximum atomic E-state index is 12.4. The first-order chi connectivity index (χ1) is 11.4. The van der Waals surface area contributed by atoms with Crippen LogP contribution in [0.5, 0.6) is 0 Å². The lowest BCUT2D eigenvalue weighted by Crippen LogP contribution is -2.39. The zero-order chi connectivity index (χ0) is 16.9. The normalized spacial score (nSPS) is 16.9. The van der Waals surface area contributed by atoms with E-state index in [4.69, 9.17) is 9.84 Å². The van der Waals surface area contributed by atoms with Gasteiger partial charge in [0.25, 0.3) is 0 Å². The van der Waals surface area contributed by atoms with Crippen molar-refractivity contribution in [1.29, 1.82) is 0 Å². The molecular formula is C17H23N5O2. The van der Waals surface area contributed by atoms with Crippen molar-refractivity contribution >= 4 is 6.09 Å². The molecule has 4 heterocycles. The van der Waals surface area contributed by atoms with E-state index in [0.717, 1.165) is 48.5 Å². The number of carbonyl (C=O) groups excluding carboxylic acids is 1. The minimum atomic E-state index is -0.483. The van der Waals surface area contributed by atoms with Gasteiger partial charge in [-0.25, -0.2) is 4.79 Å². The van der Waals surface area contributed by atoms with E-state index in [-0.39, 0.29) is 6.09 Å². The van der Waals surface area contributed by atoms with Crippen molar-refractivity contribution in [3.05, 3.63) is 23.0 Å². The van der Waals surface area contributed by atoms with E-state index in [0.29, 0.717) is 13.1 Å². The van der Waals surface area contributed by atoms with Gasteiger partial charge in [0.05, 0.1) is 17.9 Å². The monoisotopic (exact) mass is 329 g/mol. The van der Waals surface area contributed by atoms with E-state index in [1.165, 1.54) is 5.56 Å². The second-order valence-electron chi connectivity index (χ2n) is 7.51. The summed E-state index contributed by atoms with van der Waals surface area (Å²) >= 11 is 0. The number of H-pyrrole nitrogens is 1. The quantitative estimate of drug-likeness (QED) is 0.806. The zero-order valence-electron chi connectivity index (χ0n) is 14.4. The fraction of sp³-hybridized carbons (Fsp3) is 0.588. The second-order valence-corrected chi connectivity index (χ2v) is 7.51. The Bertz CT molecular complexity index is 783. The number of nitrogens with zero attached hydrogens (tertiary/aromatic N) is 4. The second kappa shape index (κ2) is 5.36. The third kappa shape index (κ3) is 2.57. The van der Waals surface area contributed by atoms with Crippen LogP contribution < -0.4 is 0 Å². The molecule has 0 saturated heterocycles. The Morgan fingerprint density at radius 3 is 2.92 bits per heavy atom. The lowest BCUT2D eigenvalue weighted by Gasteiger charge is -2.29. The molecule has 2 aromatic rings. The van der Waals surface area contributed by atoms with Crippen LogP contribution in [-0.2, 0) is 30.7 Å². The van der Waals surface area contributed by atoms with Crippen molar-refractivity contribution in [2.75, 3.05) is 6.54 Å². The number of ether oxygens (including phenoxy) is 1.